The van der Waals surface area contributed by atoms with Crippen molar-refractivity contribution in [2.45, 2.75) is 23.2 Å². The number of fused-ring (bicyclic) bond motifs is 3. The molecule has 6 nitrogen and oxygen atoms in total. The van der Waals surface area contributed by atoms with Gasteiger partial charge in [0, 0.05) is 22.9 Å². The summed E-state index contributed by atoms with van der Waals surface area (Å²) < 4.78 is 13.2. The van der Waals surface area contributed by atoms with Crippen LogP contribution in [-0.4, -0.2) is 42.0 Å². The Morgan fingerprint density at radius 3 is 2.50 bits per heavy atom. The molecule has 0 spiro atoms. The molecule has 0 bridgehead atoms. The minimum absolute atomic E-state index is 0.331. The van der Waals surface area contributed by atoms with Crippen molar-refractivity contribution in [3.63, 3.8) is 0 Å². The molecule has 3 aromatic rings. The molecule has 0 saturated heterocycles. The van der Waals surface area contributed by atoms with Crippen molar-refractivity contribution in [3.05, 3.63) is 88.2 Å². The zero-order valence-electron chi connectivity index (χ0n) is 17.8. The third-order valence-electron chi connectivity index (χ3n) is 6.89. The van der Waals surface area contributed by atoms with E-state index in [9.17, 15) is 10.2 Å². The van der Waals surface area contributed by atoms with Crippen molar-refractivity contribution >= 4 is 15.9 Å². The van der Waals surface area contributed by atoms with Gasteiger partial charge in [-0.2, -0.15) is 0 Å². The summed E-state index contributed by atoms with van der Waals surface area (Å²) in [6, 6.07) is 17.7. The number of hydrogen-bond acceptors (Lipinski definition) is 6. The monoisotopic (exact) mass is 496 g/mol. The highest BCUT2D eigenvalue weighted by molar-refractivity contribution is 9.10. The number of aromatic nitrogens is 1. The summed E-state index contributed by atoms with van der Waals surface area (Å²) in [6.07, 6.45) is 2.01. The number of halogens is 1. The average Bonchev–Trinajstić information content (AvgIpc) is 3.19. The van der Waals surface area contributed by atoms with Gasteiger partial charge >= 0.3 is 0 Å². The fraction of sp³-hybridized carbons (Fsp3) is 0.320. The van der Waals surface area contributed by atoms with Crippen LogP contribution in [0.4, 0.5) is 0 Å². The summed E-state index contributed by atoms with van der Waals surface area (Å²) in [6.45, 7) is 0.493. The van der Waals surface area contributed by atoms with Crippen LogP contribution in [0.25, 0.3) is 0 Å². The van der Waals surface area contributed by atoms with Gasteiger partial charge in [-0.05, 0) is 30.3 Å². The van der Waals surface area contributed by atoms with Crippen LogP contribution in [-0.2, 0) is 11.2 Å². The number of methoxy groups -OCH3 is 1. The van der Waals surface area contributed by atoms with Crippen LogP contribution in [0.1, 0.15) is 22.6 Å². The molecule has 1 unspecified atom stereocenters. The number of aliphatic hydroxyl groups excluding tert-OH is 1. The van der Waals surface area contributed by atoms with Gasteiger partial charge in [0.1, 0.15) is 11.5 Å². The van der Waals surface area contributed by atoms with Crippen LogP contribution in [0.3, 0.4) is 0 Å². The molecule has 1 aromatic heterocycles. The molecule has 1 saturated carbocycles. The molecule has 2 heterocycles. The summed E-state index contributed by atoms with van der Waals surface area (Å²) in [5, 5.41) is 27.5. The number of benzene rings is 2. The van der Waals surface area contributed by atoms with E-state index in [1.54, 1.807) is 12.4 Å². The number of nitrogens with zero attached hydrogens (tertiary/aromatic N) is 1. The topological polar surface area (TPSA) is 83.8 Å². The fourth-order valence-electron chi connectivity index (χ4n) is 5.69. The molecule has 166 valence electrons. The van der Waals surface area contributed by atoms with Crippen molar-refractivity contribution in [1.82, 2.24) is 10.3 Å². The quantitative estimate of drug-likeness (QED) is 0.502. The Morgan fingerprint density at radius 2 is 1.84 bits per heavy atom. The van der Waals surface area contributed by atoms with Gasteiger partial charge in [-0.25, -0.2) is 0 Å². The van der Waals surface area contributed by atoms with E-state index in [4.69, 9.17) is 9.47 Å². The number of aliphatic hydroxyl groups is 2. The maximum atomic E-state index is 12.5. The second kappa shape index (κ2) is 7.85. The highest BCUT2D eigenvalue weighted by Gasteiger charge is 2.76. The van der Waals surface area contributed by atoms with Gasteiger partial charge in [0.15, 0.2) is 11.2 Å². The Kier molecular flexibility index (Phi) is 5.25. The van der Waals surface area contributed by atoms with Crippen LogP contribution in [0.2, 0.25) is 0 Å². The minimum atomic E-state index is -1.76. The lowest BCUT2D eigenvalue weighted by Crippen LogP contribution is -2.52. The standard InChI is InChI=1S/C25H25BrN2O4/c1-27-12-18-21(15-6-4-3-5-7-15)25(16-8-10-17(26)11-9-16)24(30,23(18)29)22-19(31-2)13-28-14-20(22)32-25/h3-11,13-14,18,21,23,27,29-30H,12H2,1-2H3/t18-,21-,23-,24?,25+/m1/s1. The van der Waals surface area contributed by atoms with Crippen molar-refractivity contribution in [2.24, 2.45) is 5.92 Å². The van der Waals surface area contributed by atoms with Crippen LogP contribution in [0.15, 0.2) is 71.5 Å². The molecule has 1 aliphatic heterocycles. The summed E-state index contributed by atoms with van der Waals surface area (Å²) >= 11 is 3.50. The normalized spacial score (nSPS) is 30.5. The summed E-state index contributed by atoms with van der Waals surface area (Å²) in [5.41, 5.74) is -0.857. The first kappa shape index (κ1) is 21.4. The minimum Gasteiger partial charge on any atom is -0.495 e. The molecule has 1 fully saturated rings. The number of pyridine rings is 1. The number of rotatable bonds is 5. The Labute approximate surface area is 195 Å². The van der Waals surface area contributed by atoms with Gasteiger partial charge in [-0.1, -0.05) is 58.4 Å². The second-order valence-electron chi connectivity index (χ2n) is 8.38. The molecule has 0 radical (unpaired) electrons. The SMILES string of the molecule is CNC[C@H]1[C@@H](O)C2(O)c3c(OC)cncc3O[C@@]2(c2ccc(Br)cc2)[C@@H]1c1ccccc1. The van der Waals surface area contributed by atoms with E-state index in [1.807, 2.05) is 61.6 Å². The van der Waals surface area contributed by atoms with Crippen LogP contribution in [0, 0.1) is 5.92 Å². The Hall–Kier alpha value is -2.45. The lowest BCUT2D eigenvalue weighted by molar-refractivity contribution is -0.152. The Bertz CT molecular complexity index is 1130. The molecule has 2 aliphatic rings. The average molecular weight is 497 g/mol. The van der Waals surface area contributed by atoms with Crippen LogP contribution >= 0.6 is 15.9 Å². The maximum absolute atomic E-state index is 12.5. The van der Waals surface area contributed by atoms with Gasteiger partial charge in [0.2, 0.25) is 0 Å². The largest absolute Gasteiger partial charge is 0.495 e. The number of hydrogen-bond donors (Lipinski definition) is 3. The molecule has 2 aromatic carbocycles. The fourth-order valence-corrected chi connectivity index (χ4v) is 5.96. The Morgan fingerprint density at radius 1 is 1.12 bits per heavy atom. The van der Waals surface area contributed by atoms with Gasteiger partial charge in [-0.3, -0.25) is 4.98 Å². The molecule has 3 N–H and O–H groups in total. The van der Waals surface area contributed by atoms with E-state index >= 15 is 0 Å². The molecule has 1 aliphatic carbocycles. The van der Waals surface area contributed by atoms with E-state index in [2.05, 4.69) is 26.2 Å². The van der Waals surface area contributed by atoms with Gasteiger partial charge in [0.05, 0.1) is 31.2 Å². The first-order valence-electron chi connectivity index (χ1n) is 10.6. The van der Waals surface area contributed by atoms with Gasteiger partial charge in [-0.15, -0.1) is 0 Å². The molecular formula is C25H25BrN2O4. The number of nitrogens with one attached hydrogen (secondary N) is 1. The zero-order valence-corrected chi connectivity index (χ0v) is 19.4. The zero-order chi connectivity index (χ0) is 22.5. The van der Waals surface area contributed by atoms with Crippen molar-refractivity contribution < 1.29 is 19.7 Å². The summed E-state index contributed by atoms with van der Waals surface area (Å²) in [4.78, 5) is 4.24. The maximum Gasteiger partial charge on any atom is 0.177 e. The van der Waals surface area contributed by atoms with Gasteiger partial charge < -0.3 is 25.0 Å². The predicted molar refractivity (Wildman–Crippen MR) is 124 cm³/mol. The third kappa shape index (κ3) is 2.72. The smallest absolute Gasteiger partial charge is 0.177 e. The molecule has 5 rings (SSSR count). The first-order valence-corrected chi connectivity index (χ1v) is 11.4. The van der Waals surface area contributed by atoms with E-state index in [1.165, 1.54) is 7.11 Å². The second-order valence-corrected chi connectivity index (χ2v) is 9.30. The summed E-state index contributed by atoms with van der Waals surface area (Å²) in [5.74, 6) is 0.120. The molecule has 32 heavy (non-hydrogen) atoms. The van der Waals surface area contributed by atoms with E-state index in [-0.39, 0.29) is 11.8 Å². The van der Waals surface area contributed by atoms with E-state index < -0.39 is 17.3 Å². The van der Waals surface area contributed by atoms with Gasteiger partial charge in [0.25, 0.3) is 0 Å². The highest BCUT2D eigenvalue weighted by atomic mass is 79.9. The lowest BCUT2D eigenvalue weighted by Gasteiger charge is -2.41. The third-order valence-corrected chi connectivity index (χ3v) is 7.41. The number of ether oxygens (including phenoxy) is 2. The molecular weight excluding hydrogens is 472 g/mol. The van der Waals surface area contributed by atoms with Crippen molar-refractivity contribution in [3.8, 4) is 11.5 Å². The highest BCUT2D eigenvalue weighted by Crippen LogP contribution is 2.69. The predicted octanol–water partition coefficient (Wildman–Crippen LogP) is 3.32. The van der Waals surface area contributed by atoms with Crippen LogP contribution < -0.4 is 14.8 Å². The van der Waals surface area contributed by atoms with Crippen LogP contribution in [0.5, 0.6) is 11.5 Å². The van der Waals surface area contributed by atoms with Crippen molar-refractivity contribution in [2.75, 3.05) is 20.7 Å². The first-order chi connectivity index (χ1) is 15.5. The molecule has 0 amide bonds. The molecule has 7 heteroatoms. The summed E-state index contributed by atoms with van der Waals surface area (Å²) in [7, 11) is 3.37. The molecule has 5 atom stereocenters. The van der Waals surface area contributed by atoms with Crippen molar-refractivity contribution in [1.29, 1.82) is 0 Å². The lowest BCUT2D eigenvalue weighted by atomic mass is 9.70. The Balaban J connectivity index is 1.86. The van der Waals surface area contributed by atoms with E-state index in [0.29, 0.717) is 23.6 Å². The van der Waals surface area contributed by atoms with E-state index in [0.717, 1.165) is 15.6 Å².